The molecule has 0 unspecified atom stereocenters. The lowest BCUT2D eigenvalue weighted by Crippen LogP contribution is -2.44. The fourth-order valence-corrected chi connectivity index (χ4v) is 10.2. The van der Waals surface area contributed by atoms with Crippen LogP contribution in [0, 0.1) is 17.8 Å². The highest BCUT2D eigenvalue weighted by Gasteiger charge is 2.44. The van der Waals surface area contributed by atoms with Gasteiger partial charge in [-0.2, -0.15) is 12.4 Å². The van der Waals surface area contributed by atoms with E-state index >= 15 is 0 Å². The van der Waals surface area contributed by atoms with Crippen LogP contribution < -0.4 is 15.0 Å². The first-order chi connectivity index (χ1) is 24.9. The van der Waals surface area contributed by atoms with Crippen LogP contribution in [0.15, 0.2) is 67.0 Å². The van der Waals surface area contributed by atoms with Crippen LogP contribution in [0.1, 0.15) is 116 Å². The molecule has 0 spiro atoms. The number of aromatic nitrogens is 1. The van der Waals surface area contributed by atoms with Gasteiger partial charge in [0.2, 0.25) is 5.75 Å². The average molecular weight is 694 g/mol. The molecule has 8 nitrogen and oxygen atoms in total. The second-order valence-corrected chi connectivity index (χ2v) is 15.9. The average Bonchev–Trinajstić information content (AvgIpc) is 3.66. The van der Waals surface area contributed by atoms with E-state index in [4.69, 9.17) is 9.47 Å². The minimum absolute atomic E-state index is 0.0222. The van der Waals surface area contributed by atoms with Gasteiger partial charge in [0, 0.05) is 41.5 Å². The number of fused-ring (bicyclic) bond motifs is 2. The Balaban J connectivity index is 1.01. The number of hydrogen-bond acceptors (Lipinski definition) is 7. The Bertz CT molecular complexity index is 1730. The first kappa shape index (κ1) is 34.4. The smallest absolute Gasteiger partial charge is 0.200 e. The molecule has 2 heterocycles. The van der Waals surface area contributed by atoms with Gasteiger partial charge in [0.1, 0.15) is 5.75 Å². The maximum atomic E-state index is 11.5. The molecule has 272 valence electrons. The lowest BCUT2D eigenvalue weighted by atomic mass is 9.67. The van der Waals surface area contributed by atoms with E-state index in [2.05, 4.69) is 46.7 Å². The van der Waals surface area contributed by atoms with E-state index in [0.717, 1.165) is 48.8 Å². The third kappa shape index (κ3) is 6.95. The highest BCUT2D eigenvalue weighted by molar-refractivity contribution is 5.59. The number of hydrogen-bond donors (Lipinski definition) is 5. The van der Waals surface area contributed by atoms with Crippen molar-refractivity contribution in [3.8, 4) is 23.0 Å². The molecule has 5 aliphatic rings. The van der Waals surface area contributed by atoms with Crippen LogP contribution in [0.4, 0.5) is 0 Å². The molecular weight excluding hydrogens is 640 g/mol. The van der Waals surface area contributed by atoms with Gasteiger partial charge >= 0.3 is 0 Å². The van der Waals surface area contributed by atoms with Crippen LogP contribution >= 0.6 is 0 Å². The minimum Gasteiger partial charge on any atom is -0.670 e. The Morgan fingerprint density at radius 2 is 1.76 bits per heavy atom. The van der Waals surface area contributed by atoms with E-state index in [1.54, 1.807) is 18.5 Å². The number of aliphatic hydroxyl groups excluding tert-OH is 1. The second-order valence-electron chi connectivity index (χ2n) is 15.9. The molecule has 1 aromatic heterocycles. The number of phenolic OH excluding ortho intramolecular Hbond substituents is 3. The zero-order valence-electron chi connectivity index (χ0n) is 29.7. The van der Waals surface area contributed by atoms with Crippen molar-refractivity contribution < 1.29 is 29.9 Å². The fourth-order valence-electron chi connectivity index (χ4n) is 10.2. The monoisotopic (exact) mass is 693 g/mol. The summed E-state index contributed by atoms with van der Waals surface area (Å²) >= 11 is 0. The van der Waals surface area contributed by atoms with Crippen molar-refractivity contribution in [2.24, 2.45) is 17.8 Å². The van der Waals surface area contributed by atoms with Gasteiger partial charge < -0.3 is 40.2 Å². The van der Waals surface area contributed by atoms with E-state index in [-0.39, 0.29) is 41.1 Å². The summed E-state index contributed by atoms with van der Waals surface area (Å²) in [6, 6.07) is 10.7. The Morgan fingerprint density at radius 3 is 2.57 bits per heavy atom. The van der Waals surface area contributed by atoms with E-state index in [1.807, 2.05) is 12.1 Å². The molecule has 0 radical (unpaired) electrons. The zero-order valence-corrected chi connectivity index (χ0v) is 29.7. The van der Waals surface area contributed by atoms with E-state index in [0.29, 0.717) is 48.1 Å². The number of phenols is 3. The standard InChI is InChI=1S/C43H53N2O6/c1-50-43-36(18-25-16-17-44-24-25)35(22-39(48)42(43)49)41-23-38(47)33-13-10-27(21-40(33)51-41)26-11-15-37(46)34(20-26)32-9-5-6-28-19-30(12-14-31(28)32)45-29-7-3-2-4-8-29/h5,9,11-12,14-17,20,22,24,27-33,38,40-41,45-49H,2-4,6-8,10,13,18-19,21,23H2,1H3/q-1/t27-,28+,30-,31-,32+,33+,38+,40+,41+/m1/s1. The van der Waals surface area contributed by atoms with Gasteiger partial charge in [0.25, 0.3) is 0 Å². The van der Waals surface area contributed by atoms with Crippen molar-refractivity contribution in [3.05, 3.63) is 94.8 Å². The molecule has 2 aromatic carbocycles. The van der Waals surface area contributed by atoms with Crippen LogP contribution in [0.5, 0.6) is 23.0 Å². The second kappa shape index (κ2) is 14.7. The summed E-state index contributed by atoms with van der Waals surface area (Å²) < 4.78 is 12.5. The van der Waals surface area contributed by atoms with Crippen LogP contribution in [0.3, 0.4) is 0 Å². The molecule has 1 saturated heterocycles. The van der Waals surface area contributed by atoms with Gasteiger partial charge in [0.15, 0.2) is 11.5 Å². The van der Waals surface area contributed by atoms with Crippen molar-refractivity contribution in [1.82, 2.24) is 10.3 Å². The summed E-state index contributed by atoms with van der Waals surface area (Å²) in [5, 5.41) is 48.1. The summed E-state index contributed by atoms with van der Waals surface area (Å²) in [6.07, 6.45) is 24.0. The zero-order chi connectivity index (χ0) is 35.1. The number of methoxy groups -OCH3 is 1. The molecule has 3 aromatic rings. The predicted molar refractivity (Wildman–Crippen MR) is 196 cm³/mol. The molecule has 8 heteroatoms. The van der Waals surface area contributed by atoms with Gasteiger partial charge in [0.05, 0.1) is 25.4 Å². The highest BCUT2D eigenvalue weighted by atomic mass is 16.5. The number of benzene rings is 2. The van der Waals surface area contributed by atoms with Crippen LogP contribution in [0.2, 0.25) is 0 Å². The molecule has 5 N–H and O–H groups in total. The molecule has 9 atom stereocenters. The predicted octanol–water partition coefficient (Wildman–Crippen LogP) is 7.66. The summed E-state index contributed by atoms with van der Waals surface area (Å²) in [5.74, 6) is 1.30. The van der Waals surface area contributed by atoms with Crippen LogP contribution in [-0.2, 0) is 11.2 Å². The summed E-state index contributed by atoms with van der Waals surface area (Å²) in [7, 11) is 1.48. The lowest BCUT2D eigenvalue weighted by molar-refractivity contribution is -0.154. The lowest BCUT2D eigenvalue weighted by Gasteiger charge is -2.45. The van der Waals surface area contributed by atoms with Crippen molar-refractivity contribution in [2.75, 3.05) is 7.11 Å². The fraction of sp³-hybridized carbons (Fsp3) is 0.535. The van der Waals surface area contributed by atoms with Crippen molar-refractivity contribution in [3.63, 3.8) is 0 Å². The summed E-state index contributed by atoms with van der Waals surface area (Å²) in [5.41, 5.74) is 4.60. The summed E-state index contributed by atoms with van der Waals surface area (Å²) in [6.45, 7) is 0. The molecular formula is C43H53N2O6-. The SMILES string of the molecule is COc1c(O)c(O)cc([C@@H]2C[C@H](O)[C@@H]3CC[C@@H](c4ccc(O)c([C@H]5C=CC[C@H]6C[C@H](NC7CCCCC7)C=C[C@H]65)c4)C[C@@H]3O2)c1Cc1cc[n-]c1. The molecule has 2 saturated carbocycles. The number of allylic oxidation sites excluding steroid dienone is 3. The molecule has 4 aliphatic carbocycles. The van der Waals surface area contributed by atoms with Crippen LogP contribution in [-0.4, -0.2) is 51.8 Å². The van der Waals surface area contributed by atoms with Gasteiger partial charge in [-0.3, -0.25) is 0 Å². The Kier molecular flexibility index (Phi) is 9.92. The van der Waals surface area contributed by atoms with Gasteiger partial charge in [-0.15, -0.1) is 0 Å². The van der Waals surface area contributed by atoms with Crippen molar-refractivity contribution in [1.29, 1.82) is 0 Å². The number of nitrogens with one attached hydrogen (secondary N) is 1. The number of aliphatic hydroxyl groups is 1. The molecule has 3 fully saturated rings. The van der Waals surface area contributed by atoms with Gasteiger partial charge in [-0.25, -0.2) is 0 Å². The number of nitrogens with zero attached hydrogens (tertiary/aromatic N) is 1. The maximum Gasteiger partial charge on any atom is 0.200 e. The van der Waals surface area contributed by atoms with Crippen molar-refractivity contribution >= 4 is 0 Å². The minimum atomic E-state index is -0.556. The Labute approximate surface area is 301 Å². The third-order valence-corrected chi connectivity index (χ3v) is 12.9. The Morgan fingerprint density at radius 1 is 0.902 bits per heavy atom. The topological polar surface area (TPSA) is 126 Å². The van der Waals surface area contributed by atoms with Gasteiger partial charge in [-0.1, -0.05) is 67.3 Å². The molecule has 0 amide bonds. The Hall–Kier alpha value is -3.72. The molecule has 51 heavy (non-hydrogen) atoms. The largest absolute Gasteiger partial charge is 0.670 e. The highest BCUT2D eigenvalue weighted by Crippen LogP contribution is 2.51. The van der Waals surface area contributed by atoms with E-state index in [9.17, 15) is 20.4 Å². The maximum absolute atomic E-state index is 11.5. The number of rotatable bonds is 8. The molecule has 8 rings (SSSR count). The first-order valence-electron chi connectivity index (χ1n) is 19.3. The van der Waals surface area contributed by atoms with Crippen molar-refractivity contribution in [2.45, 2.75) is 119 Å². The van der Waals surface area contributed by atoms with E-state index < -0.39 is 12.2 Å². The molecule has 0 bridgehead atoms. The first-order valence-corrected chi connectivity index (χ1v) is 19.3. The summed E-state index contributed by atoms with van der Waals surface area (Å²) in [4.78, 5) is 4.19. The quantitative estimate of drug-likeness (QED) is 0.120. The number of ether oxygens (including phenoxy) is 2. The number of aromatic hydroxyl groups is 3. The van der Waals surface area contributed by atoms with Gasteiger partial charge in [-0.05, 0) is 92.4 Å². The third-order valence-electron chi connectivity index (χ3n) is 12.9. The van der Waals surface area contributed by atoms with Crippen LogP contribution in [0.25, 0.3) is 0 Å². The van der Waals surface area contributed by atoms with E-state index in [1.165, 1.54) is 44.8 Å². The normalized spacial score (nSPS) is 32.3. The molecule has 1 aliphatic heterocycles.